The Morgan fingerprint density at radius 1 is 0.840 bits per heavy atom. The van der Waals surface area contributed by atoms with E-state index in [4.69, 9.17) is 0 Å². The molecule has 1 aliphatic carbocycles. The van der Waals surface area contributed by atoms with Crippen LogP contribution in [0.3, 0.4) is 0 Å². The fourth-order valence-corrected chi connectivity index (χ4v) is 3.19. The first kappa shape index (κ1) is 17.0. The molecule has 0 heterocycles. The third-order valence-corrected chi connectivity index (χ3v) is 4.67. The van der Waals surface area contributed by atoms with Crippen molar-refractivity contribution in [3.8, 4) is 5.75 Å². The number of allylic oxidation sites excluding steroid dienone is 5. The molecular weight excluding hydrogens is 308 g/mol. The maximum atomic E-state index is 12.0. The summed E-state index contributed by atoms with van der Waals surface area (Å²) in [5.74, 6) is 0.365. The van der Waals surface area contributed by atoms with Crippen LogP contribution in [0, 0.1) is 13.8 Å². The molecule has 0 spiro atoms. The molecule has 1 N–H and O–H groups in total. The second-order valence-corrected chi connectivity index (χ2v) is 6.63. The van der Waals surface area contributed by atoms with E-state index in [1.165, 1.54) is 0 Å². The highest BCUT2D eigenvalue weighted by Crippen LogP contribution is 2.37. The quantitative estimate of drug-likeness (QED) is 0.812. The maximum Gasteiger partial charge on any atom is 0.181 e. The normalized spacial score (nSPS) is 16.4. The van der Waals surface area contributed by atoms with Crippen molar-refractivity contribution in [3.63, 3.8) is 0 Å². The van der Waals surface area contributed by atoms with E-state index in [-0.39, 0.29) is 5.78 Å². The first-order valence-corrected chi connectivity index (χ1v) is 8.40. The third kappa shape index (κ3) is 3.20. The summed E-state index contributed by atoms with van der Waals surface area (Å²) in [5, 5.41) is 10.0. The zero-order chi connectivity index (χ0) is 18.1. The molecule has 2 aromatic rings. The van der Waals surface area contributed by atoms with Gasteiger partial charge in [-0.15, -0.1) is 0 Å². The summed E-state index contributed by atoms with van der Waals surface area (Å²) in [4.78, 5) is 12.0. The lowest BCUT2D eigenvalue weighted by Crippen LogP contribution is -2.06. The molecule has 1 aliphatic rings. The average Bonchev–Trinajstić information content (AvgIpc) is 2.58. The largest absolute Gasteiger partial charge is 0.508 e. The summed E-state index contributed by atoms with van der Waals surface area (Å²) in [7, 11) is 0. The molecule has 0 saturated heterocycles. The van der Waals surface area contributed by atoms with Crippen molar-refractivity contribution >= 4 is 11.4 Å². The van der Waals surface area contributed by atoms with Gasteiger partial charge in [-0.3, -0.25) is 4.79 Å². The molecule has 0 amide bonds. The van der Waals surface area contributed by atoms with Gasteiger partial charge in [0.05, 0.1) is 0 Å². The van der Waals surface area contributed by atoms with Crippen molar-refractivity contribution in [2.75, 3.05) is 0 Å². The van der Waals surface area contributed by atoms with Gasteiger partial charge in [0.1, 0.15) is 5.75 Å². The molecule has 3 rings (SSSR count). The molecule has 0 radical (unpaired) electrons. The summed E-state index contributed by atoms with van der Waals surface area (Å²) in [6, 6.07) is 14.0. The fourth-order valence-electron chi connectivity index (χ4n) is 3.19. The summed E-state index contributed by atoms with van der Waals surface area (Å²) in [5.41, 5.74) is 7.84. The number of phenols is 1. The molecule has 0 unspecified atom stereocenters. The van der Waals surface area contributed by atoms with E-state index in [0.717, 1.165) is 44.5 Å². The van der Waals surface area contributed by atoms with Crippen molar-refractivity contribution in [2.45, 2.75) is 27.7 Å². The zero-order valence-electron chi connectivity index (χ0n) is 15.1. The van der Waals surface area contributed by atoms with Crippen LogP contribution in [-0.4, -0.2) is 10.9 Å². The molecule has 2 heteroatoms. The second-order valence-electron chi connectivity index (χ2n) is 6.63. The van der Waals surface area contributed by atoms with E-state index in [1.807, 2.05) is 58.0 Å². The highest BCUT2D eigenvalue weighted by Gasteiger charge is 2.19. The maximum absolute atomic E-state index is 12.0. The fraction of sp³-hybridized carbons (Fsp3) is 0.174. The van der Waals surface area contributed by atoms with Crippen LogP contribution in [0.1, 0.15) is 36.1 Å². The first-order valence-electron chi connectivity index (χ1n) is 8.40. The topological polar surface area (TPSA) is 37.3 Å². The minimum Gasteiger partial charge on any atom is -0.508 e. The molecule has 0 aromatic heterocycles. The molecular formula is C23H22O2. The second kappa shape index (κ2) is 6.56. The predicted octanol–water partition coefficient (Wildman–Crippen LogP) is 5.29. The Morgan fingerprint density at radius 3 is 2.20 bits per heavy atom. The minimum absolute atomic E-state index is 0.0623. The molecule has 0 atom stereocenters. The van der Waals surface area contributed by atoms with Gasteiger partial charge in [0.25, 0.3) is 0 Å². The van der Waals surface area contributed by atoms with Crippen LogP contribution in [0.5, 0.6) is 5.75 Å². The molecule has 0 bridgehead atoms. The van der Waals surface area contributed by atoms with Crippen LogP contribution >= 0.6 is 0 Å². The predicted molar refractivity (Wildman–Crippen MR) is 103 cm³/mol. The monoisotopic (exact) mass is 330 g/mol. The molecule has 126 valence electrons. The minimum atomic E-state index is 0.0623. The Hall–Kier alpha value is -2.87. The molecule has 2 nitrogen and oxygen atoms in total. The van der Waals surface area contributed by atoms with Crippen molar-refractivity contribution in [1.82, 2.24) is 0 Å². The lowest BCUT2D eigenvalue weighted by Gasteiger charge is -2.20. The summed E-state index contributed by atoms with van der Waals surface area (Å²) in [6.45, 7) is 7.73. The van der Waals surface area contributed by atoms with Crippen LogP contribution in [0.4, 0.5) is 0 Å². The zero-order valence-corrected chi connectivity index (χ0v) is 15.1. The SMILES string of the molecule is CC1=CC(=C(c2ccccc2)c2cc(C)c(O)cc2C)C(C)=CC1=O. The number of benzene rings is 2. The molecule has 0 fully saturated rings. The first-order chi connectivity index (χ1) is 11.9. The lowest BCUT2D eigenvalue weighted by molar-refractivity contribution is -0.111. The Bertz CT molecular complexity index is 942. The number of rotatable bonds is 2. The average molecular weight is 330 g/mol. The van der Waals surface area contributed by atoms with Gasteiger partial charge < -0.3 is 5.11 Å². The van der Waals surface area contributed by atoms with E-state index in [2.05, 4.69) is 12.1 Å². The number of hydrogen-bond donors (Lipinski definition) is 1. The Morgan fingerprint density at radius 2 is 1.52 bits per heavy atom. The van der Waals surface area contributed by atoms with Gasteiger partial charge in [-0.05, 0) is 96.5 Å². The van der Waals surface area contributed by atoms with Gasteiger partial charge >= 0.3 is 0 Å². The van der Waals surface area contributed by atoms with Crippen LogP contribution in [0.25, 0.3) is 5.57 Å². The number of carbonyl (C=O) groups is 1. The van der Waals surface area contributed by atoms with Gasteiger partial charge in [0.2, 0.25) is 0 Å². The smallest absolute Gasteiger partial charge is 0.181 e. The standard InChI is InChI=1S/C23H22O2/c1-14-12-21(24)16(3)10-19(14)23(18-8-6-5-7-9-18)20-11-17(4)22(25)13-15(20)2/h5-13,24H,1-4H3. The van der Waals surface area contributed by atoms with Crippen LogP contribution < -0.4 is 0 Å². The van der Waals surface area contributed by atoms with E-state index in [9.17, 15) is 9.90 Å². The highest BCUT2D eigenvalue weighted by molar-refractivity contribution is 6.08. The number of phenolic OH excluding ortho intramolecular Hbond substituents is 1. The van der Waals surface area contributed by atoms with E-state index < -0.39 is 0 Å². The summed E-state index contributed by atoms with van der Waals surface area (Å²) >= 11 is 0. The third-order valence-electron chi connectivity index (χ3n) is 4.67. The molecule has 25 heavy (non-hydrogen) atoms. The van der Waals surface area contributed by atoms with Crippen LogP contribution in [0.15, 0.2) is 71.3 Å². The molecule has 0 aliphatic heterocycles. The van der Waals surface area contributed by atoms with Gasteiger partial charge in [-0.2, -0.15) is 0 Å². The van der Waals surface area contributed by atoms with E-state index in [1.54, 1.807) is 12.1 Å². The Kier molecular flexibility index (Phi) is 4.45. The van der Waals surface area contributed by atoms with Gasteiger partial charge in [-0.25, -0.2) is 0 Å². The number of hydrogen-bond acceptors (Lipinski definition) is 2. The number of aryl methyl sites for hydroxylation is 2. The van der Waals surface area contributed by atoms with Gasteiger partial charge in [-0.1, -0.05) is 30.3 Å². The number of carbonyl (C=O) groups excluding carboxylic acids is 1. The van der Waals surface area contributed by atoms with E-state index >= 15 is 0 Å². The lowest BCUT2D eigenvalue weighted by atomic mass is 9.83. The van der Waals surface area contributed by atoms with Crippen molar-refractivity contribution in [1.29, 1.82) is 0 Å². The summed E-state index contributed by atoms with van der Waals surface area (Å²) in [6.07, 6.45) is 3.68. The molecule has 0 saturated carbocycles. The Balaban J connectivity index is 2.37. The summed E-state index contributed by atoms with van der Waals surface area (Å²) < 4.78 is 0. The van der Waals surface area contributed by atoms with Crippen molar-refractivity contribution in [2.24, 2.45) is 0 Å². The van der Waals surface area contributed by atoms with Crippen molar-refractivity contribution in [3.05, 3.63) is 93.6 Å². The Labute approximate surface area is 148 Å². The van der Waals surface area contributed by atoms with E-state index in [0.29, 0.717) is 5.75 Å². The van der Waals surface area contributed by atoms with Gasteiger partial charge in [0, 0.05) is 0 Å². The number of aromatic hydroxyl groups is 1. The highest BCUT2D eigenvalue weighted by atomic mass is 16.3. The molecule has 2 aromatic carbocycles. The van der Waals surface area contributed by atoms with Crippen molar-refractivity contribution < 1.29 is 9.90 Å². The van der Waals surface area contributed by atoms with Crippen LogP contribution in [-0.2, 0) is 4.79 Å². The number of ketones is 1. The van der Waals surface area contributed by atoms with Gasteiger partial charge in [0.15, 0.2) is 5.78 Å². The van der Waals surface area contributed by atoms with Crippen LogP contribution in [0.2, 0.25) is 0 Å².